The van der Waals surface area contributed by atoms with Crippen LogP contribution in [0.1, 0.15) is 19.8 Å². The Balaban J connectivity index is 0.00000400. The van der Waals surface area contributed by atoms with Crippen molar-refractivity contribution in [2.24, 2.45) is 0 Å². The number of carbonyl (C=O) groups excluding carboxylic acids is 2. The number of nitrogens with one attached hydrogen (secondary N) is 3. The molecule has 2 atom stereocenters. The van der Waals surface area contributed by atoms with Crippen molar-refractivity contribution < 1.29 is 14.3 Å². The molecule has 0 aromatic carbocycles. The molecule has 7 nitrogen and oxygen atoms in total. The summed E-state index contributed by atoms with van der Waals surface area (Å²) in [5.41, 5.74) is 0. The highest BCUT2D eigenvalue weighted by Gasteiger charge is 2.21. The van der Waals surface area contributed by atoms with Gasteiger partial charge in [0.15, 0.2) is 0 Å². The lowest BCUT2D eigenvalue weighted by atomic mass is 10.1. The summed E-state index contributed by atoms with van der Waals surface area (Å²) < 4.78 is 4.91. The van der Waals surface area contributed by atoms with E-state index in [0.717, 1.165) is 25.9 Å². The molecule has 0 bridgehead atoms. The van der Waals surface area contributed by atoms with Gasteiger partial charge in [0.25, 0.3) is 0 Å². The fourth-order valence-electron chi connectivity index (χ4n) is 2.36. The first-order valence-corrected chi connectivity index (χ1v) is 7.04. The van der Waals surface area contributed by atoms with Crippen LogP contribution in [0.5, 0.6) is 0 Å². The number of urea groups is 1. The van der Waals surface area contributed by atoms with E-state index in [-0.39, 0.29) is 30.9 Å². The fourth-order valence-corrected chi connectivity index (χ4v) is 2.36. The smallest absolute Gasteiger partial charge is 0.321 e. The van der Waals surface area contributed by atoms with E-state index >= 15 is 0 Å². The molecule has 0 aliphatic carbocycles. The van der Waals surface area contributed by atoms with Gasteiger partial charge in [-0.3, -0.25) is 15.0 Å². The zero-order valence-electron chi connectivity index (χ0n) is 13.0. The highest BCUT2D eigenvalue weighted by Crippen LogP contribution is 2.08. The lowest BCUT2D eigenvalue weighted by molar-refractivity contribution is -0.121. The minimum Gasteiger partial charge on any atom is -0.383 e. The van der Waals surface area contributed by atoms with Gasteiger partial charge in [-0.2, -0.15) is 0 Å². The maximum atomic E-state index is 11.8. The van der Waals surface area contributed by atoms with E-state index in [1.807, 2.05) is 14.0 Å². The predicted molar refractivity (Wildman–Crippen MR) is 83.8 cm³/mol. The van der Waals surface area contributed by atoms with Gasteiger partial charge in [-0.25, -0.2) is 4.79 Å². The Kier molecular flexibility index (Phi) is 10.3. The Labute approximate surface area is 132 Å². The molecule has 0 radical (unpaired) electrons. The summed E-state index contributed by atoms with van der Waals surface area (Å²) in [6.07, 6.45) is 2.19. The number of amides is 3. The van der Waals surface area contributed by atoms with Crippen molar-refractivity contribution in [3.63, 3.8) is 0 Å². The minimum absolute atomic E-state index is 0. The van der Waals surface area contributed by atoms with Crippen molar-refractivity contribution in [1.29, 1.82) is 0 Å². The molecule has 0 spiro atoms. The molecule has 0 saturated carbocycles. The number of piperidine rings is 1. The van der Waals surface area contributed by atoms with Gasteiger partial charge in [0.05, 0.1) is 19.2 Å². The number of rotatable bonds is 6. The molecule has 1 aliphatic rings. The largest absolute Gasteiger partial charge is 0.383 e. The Morgan fingerprint density at radius 2 is 2.14 bits per heavy atom. The lowest BCUT2D eigenvalue weighted by Gasteiger charge is -2.31. The van der Waals surface area contributed by atoms with Crippen LogP contribution in [0, 0.1) is 0 Å². The number of likely N-dealkylation sites (N-methyl/N-ethyl adjacent to an activating group) is 1. The van der Waals surface area contributed by atoms with E-state index in [1.54, 1.807) is 7.11 Å². The number of methoxy groups -OCH3 is 1. The number of imide groups is 1. The van der Waals surface area contributed by atoms with E-state index in [0.29, 0.717) is 12.6 Å². The van der Waals surface area contributed by atoms with Crippen LogP contribution in [0.3, 0.4) is 0 Å². The van der Waals surface area contributed by atoms with Gasteiger partial charge in [-0.1, -0.05) is 0 Å². The van der Waals surface area contributed by atoms with Gasteiger partial charge in [0.1, 0.15) is 0 Å². The summed E-state index contributed by atoms with van der Waals surface area (Å²) in [5.74, 6) is -0.274. The molecule has 1 saturated heterocycles. The van der Waals surface area contributed by atoms with Gasteiger partial charge in [-0.05, 0) is 33.4 Å². The van der Waals surface area contributed by atoms with Crippen LogP contribution in [-0.2, 0) is 9.53 Å². The quantitative estimate of drug-likeness (QED) is 0.639. The van der Waals surface area contributed by atoms with Gasteiger partial charge in [0.2, 0.25) is 5.91 Å². The summed E-state index contributed by atoms with van der Waals surface area (Å²) in [6, 6.07) is -0.176. The average molecular weight is 323 g/mol. The number of hydrogen-bond acceptors (Lipinski definition) is 5. The third-order valence-electron chi connectivity index (χ3n) is 3.33. The molecule has 0 aromatic heterocycles. The van der Waals surface area contributed by atoms with Crippen LogP contribution < -0.4 is 16.0 Å². The van der Waals surface area contributed by atoms with E-state index in [1.165, 1.54) is 0 Å². The topological polar surface area (TPSA) is 82.7 Å². The number of halogens is 1. The molecule has 1 heterocycles. The number of nitrogens with zero attached hydrogens (tertiary/aromatic N) is 1. The molecular formula is C13H27ClN4O3. The van der Waals surface area contributed by atoms with Crippen molar-refractivity contribution in [3.05, 3.63) is 0 Å². The molecule has 0 aromatic rings. The number of likely N-dealkylation sites (tertiary alicyclic amines) is 1. The fraction of sp³-hybridized carbons (Fsp3) is 0.846. The van der Waals surface area contributed by atoms with Crippen molar-refractivity contribution in [3.8, 4) is 0 Å². The van der Waals surface area contributed by atoms with Gasteiger partial charge < -0.3 is 15.4 Å². The van der Waals surface area contributed by atoms with Crippen LogP contribution in [0.15, 0.2) is 0 Å². The summed E-state index contributed by atoms with van der Waals surface area (Å²) >= 11 is 0. The zero-order chi connectivity index (χ0) is 15.0. The molecule has 1 fully saturated rings. The number of carbonyl (C=O) groups is 2. The van der Waals surface area contributed by atoms with Crippen LogP contribution in [0.2, 0.25) is 0 Å². The summed E-state index contributed by atoms with van der Waals surface area (Å²) in [7, 11) is 3.49. The first kappa shape index (κ1) is 20.1. The Hall–Kier alpha value is -0.890. The molecule has 2 unspecified atom stereocenters. The van der Waals surface area contributed by atoms with E-state index in [4.69, 9.17) is 4.74 Å². The monoisotopic (exact) mass is 322 g/mol. The predicted octanol–water partition coefficient (Wildman–Crippen LogP) is -0.0473. The van der Waals surface area contributed by atoms with Gasteiger partial charge in [-0.15, -0.1) is 12.4 Å². The third-order valence-corrected chi connectivity index (χ3v) is 3.33. The average Bonchev–Trinajstić information content (AvgIpc) is 2.38. The van der Waals surface area contributed by atoms with E-state index < -0.39 is 6.03 Å². The second kappa shape index (κ2) is 10.8. The minimum atomic E-state index is -0.471. The molecule has 21 heavy (non-hydrogen) atoms. The first-order valence-electron chi connectivity index (χ1n) is 7.04. The maximum absolute atomic E-state index is 11.8. The van der Waals surface area contributed by atoms with Crippen molar-refractivity contribution in [2.45, 2.75) is 31.8 Å². The Morgan fingerprint density at radius 1 is 1.43 bits per heavy atom. The standard InChI is InChI=1S/C13H26N4O3.ClH/c1-10(9-20-3)15-13(19)16-12(18)8-17-6-4-5-11(7-17)14-2;/h10-11,14H,4-9H2,1-3H3,(H2,15,16,18,19);1H. The maximum Gasteiger partial charge on any atom is 0.321 e. The molecule has 1 aliphatic heterocycles. The molecular weight excluding hydrogens is 296 g/mol. The molecule has 8 heteroatoms. The van der Waals surface area contributed by atoms with Crippen molar-refractivity contribution >= 4 is 24.3 Å². The summed E-state index contributed by atoms with van der Waals surface area (Å²) in [5, 5.41) is 8.21. The van der Waals surface area contributed by atoms with Crippen LogP contribution in [0.25, 0.3) is 0 Å². The second-order valence-electron chi connectivity index (χ2n) is 5.24. The SMILES string of the molecule is CNC1CCCN(CC(=O)NC(=O)NC(C)COC)C1.Cl. The Morgan fingerprint density at radius 3 is 2.76 bits per heavy atom. The van der Waals surface area contributed by atoms with E-state index in [2.05, 4.69) is 20.9 Å². The molecule has 1 rings (SSSR count). The number of ether oxygens (including phenoxy) is 1. The Bertz CT molecular complexity index is 331. The number of hydrogen-bond donors (Lipinski definition) is 3. The van der Waals surface area contributed by atoms with Gasteiger partial charge in [0, 0.05) is 19.7 Å². The van der Waals surface area contributed by atoms with Crippen molar-refractivity contribution in [1.82, 2.24) is 20.9 Å². The van der Waals surface area contributed by atoms with Crippen LogP contribution >= 0.6 is 12.4 Å². The summed E-state index contributed by atoms with van der Waals surface area (Å²) in [6.45, 7) is 4.22. The van der Waals surface area contributed by atoms with Crippen molar-refractivity contribution in [2.75, 3.05) is 40.4 Å². The molecule has 3 N–H and O–H groups in total. The van der Waals surface area contributed by atoms with E-state index in [9.17, 15) is 9.59 Å². The molecule has 124 valence electrons. The zero-order valence-corrected chi connectivity index (χ0v) is 13.8. The van der Waals surface area contributed by atoms with Crippen LogP contribution in [-0.4, -0.2) is 69.3 Å². The first-order chi connectivity index (χ1) is 9.55. The highest BCUT2D eigenvalue weighted by atomic mass is 35.5. The lowest BCUT2D eigenvalue weighted by Crippen LogP contribution is -2.51. The third kappa shape index (κ3) is 8.21. The van der Waals surface area contributed by atoms with Gasteiger partial charge >= 0.3 is 6.03 Å². The summed E-state index contributed by atoms with van der Waals surface area (Å²) in [4.78, 5) is 25.4. The normalized spacial score (nSPS) is 20.2. The highest BCUT2D eigenvalue weighted by molar-refractivity contribution is 5.95. The second-order valence-corrected chi connectivity index (χ2v) is 5.24. The molecule has 3 amide bonds. The van der Waals surface area contributed by atoms with Crippen LogP contribution in [0.4, 0.5) is 4.79 Å².